The minimum Gasteiger partial charge on any atom is -0.497 e. The molecule has 41 heavy (non-hydrogen) atoms. The van der Waals surface area contributed by atoms with Crippen molar-refractivity contribution in [2.75, 3.05) is 27.2 Å². The van der Waals surface area contributed by atoms with Crippen LogP contribution in [0, 0.1) is 0 Å². The standard InChI is InChI=1S/C31H36N4O5S/c1-34-15-7-6-14-32-30(36)23-16-22-17-24(40-2)11-13-25(22)29-28(20-8-4-3-5-9-20)26-12-10-21(18-27(26)35(29)19-23)31(37)33-41(34,38)39/h10-13,16-18,20H,3-9,14-15,19H2,1-2H3,(H,32,36)(H,33,37). The maximum absolute atomic E-state index is 13.6. The number of amides is 2. The molecule has 1 aromatic heterocycles. The van der Waals surface area contributed by atoms with Gasteiger partial charge in [-0.1, -0.05) is 25.3 Å². The monoisotopic (exact) mass is 576 g/mol. The number of hydrogen-bond acceptors (Lipinski definition) is 5. The van der Waals surface area contributed by atoms with Crippen LogP contribution in [0.2, 0.25) is 0 Å². The van der Waals surface area contributed by atoms with Crippen LogP contribution in [-0.2, 0) is 21.5 Å². The van der Waals surface area contributed by atoms with Crippen LogP contribution in [0.1, 0.15) is 72.3 Å². The minimum atomic E-state index is -4.01. The fourth-order valence-corrected chi connectivity index (χ4v) is 7.35. The second-order valence-corrected chi connectivity index (χ2v) is 13.0. The van der Waals surface area contributed by atoms with Crippen LogP contribution in [0.5, 0.6) is 5.75 Å². The van der Waals surface area contributed by atoms with Crippen molar-refractivity contribution in [2.24, 2.45) is 0 Å². The van der Waals surface area contributed by atoms with Crippen molar-refractivity contribution in [1.82, 2.24) is 18.9 Å². The third kappa shape index (κ3) is 5.15. The zero-order valence-corrected chi connectivity index (χ0v) is 24.4. The third-order valence-corrected chi connectivity index (χ3v) is 10.1. The van der Waals surface area contributed by atoms with Gasteiger partial charge in [0, 0.05) is 47.7 Å². The Bertz CT molecular complexity index is 1670. The molecule has 6 rings (SSSR count). The molecule has 0 radical (unpaired) electrons. The van der Waals surface area contributed by atoms with Gasteiger partial charge in [-0.3, -0.25) is 9.59 Å². The van der Waals surface area contributed by atoms with Crippen LogP contribution in [0.3, 0.4) is 0 Å². The van der Waals surface area contributed by atoms with Gasteiger partial charge in [0.2, 0.25) is 5.91 Å². The van der Waals surface area contributed by atoms with Crippen LogP contribution in [0.15, 0.2) is 42.0 Å². The number of nitrogens with one attached hydrogen (secondary N) is 2. The Morgan fingerprint density at radius 2 is 1.76 bits per heavy atom. The summed E-state index contributed by atoms with van der Waals surface area (Å²) in [5.74, 6) is 0.226. The van der Waals surface area contributed by atoms with Gasteiger partial charge < -0.3 is 14.6 Å². The lowest BCUT2D eigenvalue weighted by Gasteiger charge is -2.24. The number of rotatable bonds is 2. The first-order valence-electron chi connectivity index (χ1n) is 14.4. The first kappa shape index (κ1) is 27.5. The fraction of sp³-hybridized carbons (Fsp3) is 0.419. The third-order valence-electron chi connectivity index (χ3n) is 8.66. The van der Waals surface area contributed by atoms with E-state index in [1.165, 1.54) is 19.0 Å². The molecule has 3 heterocycles. The van der Waals surface area contributed by atoms with Gasteiger partial charge in [-0.15, -0.1) is 0 Å². The molecular weight excluding hydrogens is 540 g/mol. The number of carbonyl (C=O) groups is 2. The van der Waals surface area contributed by atoms with Crippen molar-refractivity contribution in [3.8, 4) is 17.0 Å². The molecule has 2 N–H and O–H groups in total. The van der Waals surface area contributed by atoms with Crippen molar-refractivity contribution >= 4 is 39.0 Å². The molecule has 2 aliphatic heterocycles. The van der Waals surface area contributed by atoms with Gasteiger partial charge in [0.1, 0.15) is 5.75 Å². The molecule has 9 nitrogen and oxygen atoms in total. The van der Waals surface area contributed by atoms with E-state index < -0.39 is 16.1 Å². The van der Waals surface area contributed by atoms with Crippen molar-refractivity contribution in [3.63, 3.8) is 0 Å². The zero-order chi connectivity index (χ0) is 28.7. The van der Waals surface area contributed by atoms with Crippen LogP contribution < -0.4 is 14.8 Å². The molecule has 216 valence electrons. The molecule has 0 saturated heterocycles. The molecule has 10 heteroatoms. The molecule has 4 bridgehead atoms. The average molecular weight is 577 g/mol. The van der Waals surface area contributed by atoms with Crippen LogP contribution in [-0.4, -0.2) is 56.4 Å². The number of ether oxygens (including phenoxy) is 1. The lowest BCUT2D eigenvalue weighted by molar-refractivity contribution is -0.117. The highest BCUT2D eigenvalue weighted by molar-refractivity contribution is 7.87. The Morgan fingerprint density at radius 1 is 0.951 bits per heavy atom. The topological polar surface area (TPSA) is 110 Å². The minimum absolute atomic E-state index is 0.158. The van der Waals surface area contributed by atoms with E-state index in [4.69, 9.17) is 4.74 Å². The smallest absolute Gasteiger partial charge is 0.303 e. The van der Waals surface area contributed by atoms with Crippen LogP contribution in [0.4, 0.5) is 0 Å². The highest BCUT2D eigenvalue weighted by atomic mass is 32.2. The van der Waals surface area contributed by atoms with Gasteiger partial charge in [-0.2, -0.15) is 12.7 Å². The lowest BCUT2D eigenvalue weighted by Crippen LogP contribution is -2.42. The molecule has 3 aromatic rings. The average Bonchev–Trinajstić information content (AvgIpc) is 3.18. The Kier molecular flexibility index (Phi) is 7.37. The van der Waals surface area contributed by atoms with Gasteiger partial charge in [-0.25, -0.2) is 4.72 Å². The van der Waals surface area contributed by atoms with E-state index in [9.17, 15) is 18.0 Å². The fourth-order valence-electron chi connectivity index (χ4n) is 6.47. The number of hydrogen-bond donors (Lipinski definition) is 2. The Labute approximate surface area is 240 Å². The first-order chi connectivity index (χ1) is 19.8. The second-order valence-electron chi connectivity index (χ2n) is 11.3. The second kappa shape index (κ2) is 11.0. The van der Waals surface area contributed by atoms with Gasteiger partial charge in [0.05, 0.1) is 19.3 Å². The van der Waals surface area contributed by atoms with Gasteiger partial charge in [0.25, 0.3) is 5.91 Å². The predicted octanol–water partition coefficient (Wildman–Crippen LogP) is 4.58. The van der Waals surface area contributed by atoms with E-state index in [0.717, 1.165) is 57.7 Å². The highest BCUT2D eigenvalue weighted by Gasteiger charge is 2.31. The molecule has 0 unspecified atom stereocenters. The molecule has 2 aromatic carbocycles. The van der Waals surface area contributed by atoms with Crippen LogP contribution >= 0.6 is 0 Å². The Hall–Kier alpha value is -3.63. The summed E-state index contributed by atoms with van der Waals surface area (Å²) in [5.41, 5.74) is 5.90. The highest BCUT2D eigenvalue weighted by Crippen LogP contribution is 2.47. The van der Waals surface area contributed by atoms with Crippen molar-refractivity contribution < 1.29 is 22.7 Å². The van der Waals surface area contributed by atoms with Gasteiger partial charge in [0.15, 0.2) is 0 Å². The summed E-state index contributed by atoms with van der Waals surface area (Å²) in [7, 11) is -0.928. The lowest BCUT2D eigenvalue weighted by atomic mass is 9.81. The summed E-state index contributed by atoms with van der Waals surface area (Å²) in [6, 6.07) is 11.4. The summed E-state index contributed by atoms with van der Waals surface area (Å²) in [6.07, 6.45) is 8.77. The number of nitrogens with zero attached hydrogens (tertiary/aromatic N) is 2. The predicted molar refractivity (Wildman–Crippen MR) is 159 cm³/mol. The summed E-state index contributed by atoms with van der Waals surface area (Å²) in [5, 5.41) is 4.08. The normalized spacial score (nSPS) is 20.3. The summed E-state index contributed by atoms with van der Waals surface area (Å²) in [6.45, 7) is 0.968. The summed E-state index contributed by atoms with van der Waals surface area (Å²) < 4.78 is 36.8. The molecule has 1 aliphatic carbocycles. The van der Waals surface area contributed by atoms with Gasteiger partial charge >= 0.3 is 10.2 Å². The van der Waals surface area contributed by atoms with Crippen LogP contribution in [0.25, 0.3) is 28.2 Å². The van der Waals surface area contributed by atoms with Crippen molar-refractivity contribution in [3.05, 3.63) is 58.7 Å². The molecule has 3 aliphatic rings. The van der Waals surface area contributed by atoms with E-state index in [1.807, 2.05) is 24.3 Å². The molecule has 0 spiro atoms. The number of fused-ring (bicyclic) bond motifs is 4. The van der Waals surface area contributed by atoms with Gasteiger partial charge in [-0.05, 0) is 79.1 Å². The Morgan fingerprint density at radius 3 is 2.54 bits per heavy atom. The SMILES string of the molecule is COc1ccc2c(c1)C=C1Cn3c-2c(C2CCCCC2)c2ccc(cc23)C(=O)NS(=O)(=O)N(C)CCCCNC1=O. The molecular formula is C31H36N4O5S. The number of benzene rings is 2. The van der Waals surface area contributed by atoms with E-state index in [0.29, 0.717) is 43.2 Å². The largest absolute Gasteiger partial charge is 0.497 e. The molecule has 2 amide bonds. The quantitative estimate of drug-likeness (QED) is 0.464. The Balaban J connectivity index is 1.61. The van der Waals surface area contributed by atoms with Crippen molar-refractivity contribution in [1.29, 1.82) is 0 Å². The maximum atomic E-state index is 13.6. The zero-order valence-electron chi connectivity index (χ0n) is 23.5. The number of aromatic nitrogens is 1. The first-order valence-corrected chi connectivity index (χ1v) is 15.8. The summed E-state index contributed by atoms with van der Waals surface area (Å²) in [4.78, 5) is 26.8. The summed E-state index contributed by atoms with van der Waals surface area (Å²) >= 11 is 0. The molecule has 1 saturated carbocycles. The van der Waals surface area contributed by atoms with E-state index in [-0.39, 0.29) is 18.0 Å². The number of carbonyl (C=O) groups excluding carboxylic acids is 2. The number of methoxy groups -OCH3 is 1. The van der Waals surface area contributed by atoms with E-state index >= 15 is 0 Å². The van der Waals surface area contributed by atoms with Crippen molar-refractivity contribution in [2.45, 2.75) is 57.4 Å². The maximum Gasteiger partial charge on any atom is 0.303 e. The van der Waals surface area contributed by atoms with E-state index in [2.05, 4.69) is 20.7 Å². The molecule has 0 atom stereocenters. The molecule has 1 fully saturated rings. The van der Waals surface area contributed by atoms with E-state index in [1.54, 1.807) is 19.2 Å².